The Balaban J connectivity index is 2.40. The Bertz CT molecular complexity index is 520. The van der Waals surface area contributed by atoms with E-state index in [1.54, 1.807) is 17.0 Å². The van der Waals surface area contributed by atoms with Crippen molar-refractivity contribution in [2.75, 3.05) is 18.6 Å². The first-order valence-corrected chi connectivity index (χ1v) is 6.91. The van der Waals surface area contributed by atoms with E-state index in [0.29, 0.717) is 18.7 Å². The molecule has 1 saturated heterocycles. The molecule has 1 heterocycles. The van der Waals surface area contributed by atoms with Gasteiger partial charge in [-0.3, -0.25) is 10.1 Å². The highest BCUT2D eigenvalue weighted by molar-refractivity contribution is 14.1. The topological polar surface area (TPSA) is 72.7 Å². The van der Waals surface area contributed by atoms with Crippen molar-refractivity contribution in [1.82, 2.24) is 0 Å². The van der Waals surface area contributed by atoms with Crippen molar-refractivity contribution in [3.63, 3.8) is 0 Å². The van der Waals surface area contributed by atoms with Gasteiger partial charge in [0, 0.05) is 16.2 Å². The number of carbonyl (C=O) groups is 1. The van der Waals surface area contributed by atoms with Gasteiger partial charge in [0.25, 0.3) is 5.69 Å². The van der Waals surface area contributed by atoms with Crippen molar-refractivity contribution in [2.45, 2.75) is 18.9 Å². The summed E-state index contributed by atoms with van der Waals surface area (Å²) in [6.07, 6.45) is 1.48. The monoisotopic (exact) mass is 376 g/mol. The first-order chi connectivity index (χ1) is 9.04. The minimum atomic E-state index is -0.427. The van der Waals surface area contributed by atoms with Gasteiger partial charge in [-0.1, -0.05) is 0 Å². The summed E-state index contributed by atoms with van der Waals surface area (Å²) in [5.74, 6) is -0.342. The van der Waals surface area contributed by atoms with Gasteiger partial charge in [-0.2, -0.15) is 0 Å². The third kappa shape index (κ3) is 2.80. The fraction of sp³-hybridized carbons (Fsp3) is 0.417. The summed E-state index contributed by atoms with van der Waals surface area (Å²) < 4.78 is 5.55. The van der Waals surface area contributed by atoms with Gasteiger partial charge in [0.05, 0.1) is 12.0 Å². The minimum Gasteiger partial charge on any atom is -0.467 e. The molecule has 7 heteroatoms. The summed E-state index contributed by atoms with van der Waals surface area (Å²) in [7, 11) is 1.33. The van der Waals surface area contributed by atoms with Crippen LogP contribution in [0.25, 0.3) is 0 Å². The standard InChI is InChI=1S/C12H13IN2O4/c1-19-12(16)10-3-2-6-14(10)9-5-4-8(13)7-11(9)15(17)18/h4-5,7,10H,2-3,6H2,1H3. The predicted molar refractivity (Wildman–Crippen MR) is 78.2 cm³/mol. The summed E-state index contributed by atoms with van der Waals surface area (Å²) in [5, 5.41) is 11.1. The van der Waals surface area contributed by atoms with Crippen molar-refractivity contribution in [1.29, 1.82) is 0 Å². The van der Waals surface area contributed by atoms with Gasteiger partial charge in [0.15, 0.2) is 0 Å². The molecule has 0 amide bonds. The lowest BCUT2D eigenvalue weighted by Gasteiger charge is -2.24. The van der Waals surface area contributed by atoms with Crippen molar-refractivity contribution in [3.8, 4) is 0 Å². The number of hydrogen-bond acceptors (Lipinski definition) is 5. The van der Waals surface area contributed by atoms with E-state index in [1.807, 2.05) is 22.6 Å². The number of rotatable bonds is 3. The van der Waals surface area contributed by atoms with E-state index < -0.39 is 11.0 Å². The van der Waals surface area contributed by atoms with Crippen LogP contribution in [0.2, 0.25) is 0 Å². The Morgan fingerprint density at radius 2 is 2.32 bits per heavy atom. The SMILES string of the molecule is COC(=O)C1CCCN1c1ccc(I)cc1[N+](=O)[O-]. The van der Waals surface area contributed by atoms with Gasteiger partial charge in [-0.25, -0.2) is 4.79 Å². The molecule has 1 fully saturated rings. The average Bonchev–Trinajstić information content (AvgIpc) is 2.86. The first kappa shape index (κ1) is 14.0. The molecule has 0 bridgehead atoms. The van der Waals surface area contributed by atoms with Crippen LogP contribution in [-0.4, -0.2) is 30.6 Å². The number of ether oxygens (including phenoxy) is 1. The molecule has 1 aliphatic rings. The Hall–Kier alpha value is -1.38. The molecule has 1 unspecified atom stereocenters. The highest BCUT2D eigenvalue weighted by atomic mass is 127. The molecule has 1 atom stereocenters. The maximum Gasteiger partial charge on any atom is 0.328 e. The van der Waals surface area contributed by atoms with E-state index in [1.165, 1.54) is 13.2 Å². The second-order valence-electron chi connectivity index (χ2n) is 4.26. The normalized spacial score (nSPS) is 18.4. The third-order valence-corrected chi connectivity index (χ3v) is 3.84. The molecular weight excluding hydrogens is 363 g/mol. The highest BCUT2D eigenvalue weighted by Crippen LogP contribution is 2.34. The van der Waals surface area contributed by atoms with Crippen molar-refractivity contribution in [2.24, 2.45) is 0 Å². The molecule has 1 aromatic rings. The lowest BCUT2D eigenvalue weighted by atomic mass is 10.2. The average molecular weight is 376 g/mol. The van der Waals surface area contributed by atoms with E-state index in [0.717, 1.165) is 9.99 Å². The van der Waals surface area contributed by atoms with Crippen LogP contribution in [0.5, 0.6) is 0 Å². The number of hydrogen-bond donors (Lipinski definition) is 0. The lowest BCUT2D eigenvalue weighted by molar-refractivity contribution is -0.384. The molecule has 19 heavy (non-hydrogen) atoms. The van der Waals surface area contributed by atoms with Crippen molar-refractivity contribution in [3.05, 3.63) is 31.9 Å². The second-order valence-corrected chi connectivity index (χ2v) is 5.51. The number of nitrogens with zero attached hydrogens (tertiary/aromatic N) is 2. The number of benzene rings is 1. The lowest BCUT2D eigenvalue weighted by Crippen LogP contribution is -2.37. The van der Waals surface area contributed by atoms with E-state index in [2.05, 4.69) is 0 Å². The smallest absolute Gasteiger partial charge is 0.328 e. The highest BCUT2D eigenvalue weighted by Gasteiger charge is 2.35. The maximum atomic E-state index is 11.7. The molecule has 0 N–H and O–H groups in total. The van der Waals surface area contributed by atoms with Gasteiger partial charge in [-0.05, 0) is 47.6 Å². The van der Waals surface area contributed by atoms with Crippen LogP contribution in [0.3, 0.4) is 0 Å². The fourth-order valence-electron chi connectivity index (χ4n) is 2.32. The van der Waals surface area contributed by atoms with Crippen LogP contribution in [0.4, 0.5) is 11.4 Å². The van der Waals surface area contributed by atoms with E-state index in [4.69, 9.17) is 4.74 Å². The number of methoxy groups -OCH3 is 1. The van der Waals surface area contributed by atoms with Gasteiger partial charge >= 0.3 is 5.97 Å². The van der Waals surface area contributed by atoms with Gasteiger partial charge in [-0.15, -0.1) is 0 Å². The summed E-state index contributed by atoms with van der Waals surface area (Å²) >= 11 is 2.03. The molecule has 0 aromatic heterocycles. The van der Waals surface area contributed by atoms with Crippen LogP contribution in [-0.2, 0) is 9.53 Å². The number of nitro groups is 1. The van der Waals surface area contributed by atoms with E-state index in [-0.39, 0.29) is 11.7 Å². The molecule has 0 radical (unpaired) electrons. The zero-order valence-electron chi connectivity index (χ0n) is 10.3. The predicted octanol–water partition coefficient (Wildman–Crippen LogP) is 2.34. The Labute approximate surface area is 124 Å². The molecule has 102 valence electrons. The largest absolute Gasteiger partial charge is 0.467 e. The van der Waals surface area contributed by atoms with E-state index >= 15 is 0 Å². The van der Waals surface area contributed by atoms with Crippen LogP contribution < -0.4 is 4.90 Å². The van der Waals surface area contributed by atoms with E-state index in [9.17, 15) is 14.9 Å². The molecule has 6 nitrogen and oxygen atoms in total. The summed E-state index contributed by atoms with van der Waals surface area (Å²) in [6, 6.07) is 4.59. The van der Waals surface area contributed by atoms with Crippen molar-refractivity contribution >= 4 is 39.9 Å². The first-order valence-electron chi connectivity index (χ1n) is 5.83. The number of nitro benzene ring substituents is 1. The molecule has 1 aliphatic heterocycles. The molecule has 2 rings (SSSR count). The Morgan fingerprint density at radius 1 is 1.58 bits per heavy atom. The number of halogens is 1. The number of carbonyl (C=O) groups excluding carboxylic acids is 1. The van der Waals surface area contributed by atoms with Gasteiger partial charge in [0.2, 0.25) is 0 Å². The zero-order chi connectivity index (χ0) is 14.0. The van der Waals surface area contributed by atoms with Crippen LogP contribution in [0.1, 0.15) is 12.8 Å². The molecule has 0 spiro atoms. The maximum absolute atomic E-state index is 11.7. The zero-order valence-corrected chi connectivity index (χ0v) is 12.5. The molecule has 1 aromatic carbocycles. The fourth-order valence-corrected chi connectivity index (χ4v) is 2.80. The second kappa shape index (κ2) is 5.72. The summed E-state index contributed by atoms with van der Waals surface area (Å²) in [4.78, 5) is 24.2. The molecular formula is C12H13IN2O4. The number of esters is 1. The van der Waals surface area contributed by atoms with Crippen LogP contribution in [0, 0.1) is 13.7 Å². The van der Waals surface area contributed by atoms with Gasteiger partial charge < -0.3 is 9.64 Å². The van der Waals surface area contributed by atoms with Crippen LogP contribution in [0.15, 0.2) is 18.2 Å². The molecule has 0 aliphatic carbocycles. The number of anilines is 1. The molecule has 0 saturated carbocycles. The van der Waals surface area contributed by atoms with Crippen molar-refractivity contribution < 1.29 is 14.5 Å². The Morgan fingerprint density at radius 3 is 2.95 bits per heavy atom. The quantitative estimate of drug-likeness (QED) is 0.351. The van der Waals surface area contributed by atoms with Gasteiger partial charge in [0.1, 0.15) is 11.7 Å². The Kier molecular flexibility index (Phi) is 4.23. The summed E-state index contributed by atoms with van der Waals surface area (Å²) in [5.41, 5.74) is 0.515. The third-order valence-electron chi connectivity index (χ3n) is 3.17. The summed E-state index contributed by atoms with van der Waals surface area (Å²) in [6.45, 7) is 0.626. The minimum absolute atomic E-state index is 0.0303. The van der Waals surface area contributed by atoms with Crippen LogP contribution >= 0.6 is 22.6 Å².